The Balaban J connectivity index is 0.00000118. The van der Waals surface area contributed by atoms with Crippen molar-refractivity contribution < 1.29 is 32.6 Å². The monoisotopic (exact) mass is 589 g/mol. The number of pyridine rings is 1. The van der Waals surface area contributed by atoms with Crippen LogP contribution in [0, 0.1) is 0 Å². The van der Waals surface area contributed by atoms with Gasteiger partial charge in [0.25, 0.3) is 12.4 Å². The zero-order valence-corrected chi connectivity index (χ0v) is 23.2. The van der Waals surface area contributed by atoms with Crippen LogP contribution >= 0.6 is 11.3 Å². The number of methoxy groups -OCH3 is 1. The number of ether oxygens (including phenoxy) is 2. The standard InChI is InChI=1S/C23H25N7O5S2.CH2O2/c1-34-23-19(29-37(2,32)33)9-15(10-24-23)14-7-17(16-11-25-28-18(16)8-14)27-22(31)20-13-36-21(26-20)12-30-3-5-35-6-4-30;2-1-3/h7-11,13,29H,3-6,12H2,1-2H3,(H,25,28)(H,27,31);1H,(H,2,3). The number of anilines is 2. The molecule has 212 valence electrons. The molecular formula is C24H27N7O7S2. The van der Waals surface area contributed by atoms with E-state index in [0.717, 1.165) is 29.7 Å². The van der Waals surface area contributed by atoms with Crippen LogP contribution in [0.4, 0.5) is 11.4 Å². The number of hydrogen-bond donors (Lipinski definition) is 4. The molecule has 5 rings (SSSR count). The normalized spacial score (nSPS) is 13.8. The maximum absolute atomic E-state index is 13.1. The first kappa shape index (κ1) is 28.9. The molecule has 1 fully saturated rings. The van der Waals surface area contributed by atoms with Gasteiger partial charge in [0.2, 0.25) is 15.9 Å². The van der Waals surface area contributed by atoms with E-state index >= 15 is 0 Å². The van der Waals surface area contributed by atoms with Crippen LogP contribution in [0.5, 0.6) is 5.88 Å². The van der Waals surface area contributed by atoms with E-state index in [1.165, 1.54) is 18.4 Å². The SMILES string of the molecule is COc1ncc(-c2cc(NC(=O)c3csc(CN4CCOCC4)n3)c3cn[nH]c3c2)cc1NS(C)(=O)=O.O=CO. The highest BCUT2D eigenvalue weighted by Crippen LogP contribution is 2.33. The first-order valence-corrected chi connectivity index (χ1v) is 14.6. The van der Waals surface area contributed by atoms with Crippen molar-refractivity contribution in [1.82, 2.24) is 25.1 Å². The smallest absolute Gasteiger partial charge is 0.290 e. The van der Waals surface area contributed by atoms with Crippen molar-refractivity contribution in [3.8, 4) is 17.0 Å². The molecule has 0 spiro atoms. The first-order valence-electron chi connectivity index (χ1n) is 11.8. The molecule has 0 atom stereocenters. The number of benzene rings is 1. The Morgan fingerprint density at radius 2 is 1.95 bits per heavy atom. The van der Waals surface area contributed by atoms with Gasteiger partial charge < -0.3 is 19.9 Å². The van der Waals surface area contributed by atoms with Gasteiger partial charge in [0.05, 0.1) is 50.5 Å². The van der Waals surface area contributed by atoms with E-state index in [2.05, 4.69) is 35.1 Å². The highest BCUT2D eigenvalue weighted by Gasteiger charge is 2.18. The molecule has 40 heavy (non-hydrogen) atoms. The topological polar surface area (TPSA) is 189 Å². The van der Waals surface area contributed by atoms with Gasteiger partial charge in [-0.05, 0) is 23.8 Å². The summed E-state index contributed by atoms with van der Waals surface area (Å²) in [5.74, 6) is -0.196. The van der Waals surface area contributed by atoms with Crippen LogP contribution in [0.25, 0.3) is 22.0 Å². The van der Waals surface area contributed by atoms with E-state index in [4.69, 9.17) is 19.4 Å². The molecule has 1 aliphatic rings. The summed E-state index contributed by atoms with van der Waals surface area (Å²) in [6.07, 6.45) is 4.24. The fraction of sp³-hybridized carbons (Fsp3) is 0.292. The third kappa shape index (κ3) is 7.29. The van der Waals surface area contributed by atoms with Crippen molar-refractivity contribution >= 4 is 56.0 Å². The van der Waals surface area contributed by atoms with Crippen molar-refractivity contribution in [2.45, 2.75) is 6.54 Å². The summed E-state index contributed by atoms with van der Waals surface area (Å²) in [6.45, 7) is 3.51. The van der Waals surface area contributed by atoms with E-state index in [1.54, 1.807) is 29.9 Å². The third-order valence-corrected chi connectivity index (χ3v) is 7.15. The zero-order valence-electron chi connectivity index (χ0n) is 21.6. The predicted octanol–water partition coefficient (Wildman–Crippen LogP) is 2.25. The van der Waals surface area contributed by atoms with E-state index in [1.807, 2.05) is 6.07 Å². The first-order chi connectivity index (χ1) is 19.2. The number of amides is 1. The molecular weight excluding hydrogens is 562 g/mol. The Bertz CT molecular complexity index is 1600. The molecule has 4 aromatic rings. The fourth-order valence-electron chi connectivity index (χ4n) is 3.99. The molecule has 1 amide bonds. The molecule has 0 radical (unpaired) electrons. The summed E-state index contributed by atoms with van der Waals surface area (Å²) < 4.78 is 36.6. The van der Waals surface area contributed by atoms with Gasteiger partial charge in [0.15, 0.2) is 0 Å². The summed E-state index contributed by atoms with van der Waals surface area (Å²) in [4.78, 5) is 32.5. The van der Waals surface area contributed by atoms with Crippen LogP contribution in [-0.2, 0) is 26.1 Å². The second kappa shape index (κ2) is 12.8. The number of morpholine rings is 1. The molecule has 1 saturated heterocycles. The van der Waals surface area contributed by atoms with Gasteiger partial charge in [-0.1, -0.05) is 0 Å². The van der Waals surface area contributed by atoms with Gasteiger partial charge in [-0.15, -0.1) is 11.3 Å². The Labute approximate surface area is 233 Å². The Morgan fingerprint density at radius 1 is 1.23 bits per heavy atom. The number of sulfonamides is 1. The van der Waals surface area contributed by atoms with Crippen LogP contribution in [-0.4, -0.2) is 90.6 Å². The lowest BCUT2D eigenvalue weighted by atomic mass is 10.0. The molecule has 0 aliphatic carbocycles. The van der Waals surface area contributed by atoms with Crippen molar-refractivity contribution in [3.63, 3.8) is 0 Å². The molecule has 1 aliphatic heterocycles. The number of thiazole rings is 1. The van der Waals surface area contributed by atoms with E-state index in [0.29, 0.717) is 47.8 Å². The third-order valence-electron chi connectivity index (χ3n) is 5.73. The number of carbonyl (C=O) groups excluding carboxylic acids is 1. The number of carboxylic acid groups (broad SMARTS) is 1. The Kier molecular flexibility index (Phi) is 9.26. The number of nitrogens with one attached hydrogen (secondary N) is 3. The molecule has 0 unspecified atom stereocenters. The van der Waals surface area contributed by atoms with Crippen LogP contribution in [0.2, 0.25) is 0 Å². The van der Waals surface area contributed by atoms with Crippen LogP contribution in [0.3, 0.4) is 0 Å². The number of fused-ring (bicyclic) bond motifs is 1. The molecule has 3 aromatic heterocycles. The van der Waals surface area contributed by atoms with Gasteiger partial charge in [-0.25, -0.2) is 18.4 Å². The Morgan fingerprint density at radius 3 is 2.65 bits per heavy atom. The van der Waals surface area contributed by atoms with Gasteiger partial charge in [-0.3, -0.25) is 24.3 Å². The van der Waals surface area contributed by atoms with Crippen molar-refractivity contribution in [1.29, 1.82) is 0 Å². The van der Waals surface area contributed by atoms with Crippen molar-refractivity contribution in [2.24, 2.45) is 0 Å². The highest BCUT2D eigenvalue weighted by atomic mass is 32.2. The Hall–Kier alpha value is -4.12. The fourth-order valence-corrected chi connectivity index (χ4v) is 5.35. The molecule has 1 aromatic carbocycles. The van der Waals surface area contributed by atoms with Crippen LogP contribution in [0.1, 0.15) is 15.5 Å². The number of aromatic nitrogens is 4. The minimum atomic E-state index is -3.56. The minimum Gasteiger partial charge on any atom is -0.483 e. The molecule has 4 N–H and O–H groups in total. The number of H-pyrrole nitrogens is 1. The number of rotatable bonds is 8. The molecule has 0 saturated carbocycles. The lowest BCUT2D eigenvalue weighted by Crippen LogP contribution is -2.35. The number of aromatic amines is 1. The second-order valence-electron chi connectivity index (χ2n) is 8.58. The molecule has 14 nitrogen and oxygen atoms in total. The summed E-state index contributed by atoms with van der Waals surface area (Å²) in [7, 11) is -2.15. The van der Waals surface area contributed by atoms with E-state index < -0.39 is 10.0 Å². The summed E-state index contributed by atoms with van der Waals surface area (Å²) in [5.41, 5.74) is 3.05. The average Bonchev–Trinajstić information content (AvgIpc) is 3.59. The summed E-state index contributed by atoms with van der Waals surface area (Å²) >= 11 is 1.45. The predicted molar refractivity (Wildman–Crippen MR) is 149 cm³/mol. The largest absolute Gasteiger partial charge is 0.483 e. The molecule has 0 bridgehead atoms. The van der Waals surface area contributed by atoms with Gasteiger partial charge in [0.1, 0.15) is 16.4 Å². The van der Waals surface area contributed by atoms with Crippen molar-refractivity contribution in [2.75, 3.05) is 49.7 Å². The summed E-state index contributed by atoms with van der Waals surface area (Å²) in [6, 6.07) is 5.24. The van der Waals surface area contributed by atoms with Crippen LogP contribution in [0.15, 0.2) is 36.0 Å². The average molecular weight is 590 g/mol. The quantitative estimate of drug-likeness (QED) is 0.221. The lowest BCUT2D eigenvalue weighted by Gasteiger charge is -2.25. The van der Waals surface area contributed by atoms with E-state index in [9.17, 15) is 13.2 Å². The minimum absolute atomic E-state index is 0.140. The highest BCUT2D eigenvalue weighted by molar-refractivity contribution is 7.92. The van der Waals surface area contributed by atoms with Crippen molar-refractivity contribution in [3.05, 3.63) is 46.7 Å². The molecule has 4 heterocycles. The maximum Gasteiger partial charge on any atom is 0.290 e. The van der Waals surface area contributed by atoms with E-state index in [-0.39, 0.29) is 23.9 Å². The van der Waals surface area contributed by atoms with Crippen LogP contribution < -0.4 is 14.8 Å². The second-order valence-corrected chi connectivity index (χ2v) is 11.3. The number of carbonyl (C=O) groups is 2. The zero-order chi connectivity index (χ0) is 28.7. The van der Waals surface area contributed by atoms with Gasteiger partial charge >= 0.3 is 0 Å². The van der Waals surface area contributed by atoms with Gasteiger partial charge in [-0.2, -0.15) is 5.10 Å². The lowest BCUT2D eigenvalue weighted by molar-refractivity contribution is -0.122. The summed E-state index contributed by atoms with van der Waals surface area (Å²) in [5, 5.41) is 20.2. The maximum atomic E-state index is 13.1. The number of nitrogens with zero attached hydrogens (tertiary/aromatic N) is 4. The molecule has 16 heteroatoms. The number of hydrogen-bond acceptors (Lipinski definition) is 11. The van der Waals surface area contributed by atoms with Gasteiger partial charge in [0, 0.05) is 35.6 Å².